The van der Waals surface area contributed by atoms with E-state index in [1.165, 1.54) is 6.42 Å². The molecule has 0 spiro atoms. The van der Waals surface area contributed by atoms with E-state index in [2.05, 4.69) is 16.7 Å². The molecule has 0 N–H and O–H groups in total. The second-order valence-corrected chi connectivity index (χ2v) is 4.64. The van der Waals surface area contributed by atoms with Crippen molar-refractivity contribution in [1.29, 1.82) is 0 Å². The highest BCUT2D eigenvalue weighted by atomic mass is 16.5. The van der Waals surface area contributed by atoms with Crippen LogP contribution in [0.4, 0.5) is 0 Å². The van der Waals surface area contributed by atoms with Crippen LogP contribution in [0.1, 0.15) is 26.7 Å². The van der Waals surface area contributed by atoms with E-state index >= 15 is 0 Å². The van der Waals surface area contributed by atoms with Gasteiger partial charge in [0.2, 0.25) is 0 Å². The molecule has 5 nitrogen and oxygen atoms in total. The van der Waals surface area contributed by atoms with Gasteiger partial charge in [-0.1, -0.05) is 6.92 Å². The lowest BCUT2D eigenvalue weighted by molar-refractivity contribution is -0.145. The second-order valence-electron chi connectivity index (χ2n) is 4.64. The van der Waals surface area contributed by atoms with E-state index in [1.54, 1.807) is 6.92 Å². The van der Waals surface area contributed by atoms with Crippen molar-refractivity contribution in [1.82, 2.24) is 9.80 Å². The Hall–Kier alpha value is -0.940. The van der Waals surface area contributed by atoms with Gasteiger partial charge in [-0.2, -0.15) is 0 Å². The SMILES string of the molecule is CCCN1CCN(CC(=O)CC(=O)OCC)CC1. The molecule has 0 aliphatic carbocycles. The van der Waals surface area contributed by atoms with Gasteiger partial charge < -0.3 is 9.64 Å². The minimum Gasteiger partial charge on any atom is -0.466 e. The van der Waals surface area contributed by atoms with Gasteiger partial charge in [0.15, 0.2) is 5.78 Å². The van der Waals surface area contributed by atoms with Crippen molar-refractivity contribution in [2.45, 2.75) is 26.7 Å². The average Bonchev–Trinajstić information content (AvgIpc) is 2.32. The molecule has 1 aliphatic heterocycles. The number of hydrogen-bond acceptors (Lipinski definition) is 5. The fourth-order valence-corrected chi connectivity index (χ4v) is 2.17. The predicted molar refractivity (Wildman–Crippen MR) is 69.4 cm³/mol. The summed E-state index contributed by atoms with van der Waals surface area (Å²) in [5.74, 6) is -0.454. The molecule has 1 heterocycles. The Balaban J connectivity index is 2.20. The van der Waals surface area contributed by atoms with Gasteiger partial charge in [0, 0.05) is 26.2 Å². The normalized spacial score (nSPS) is 17.7. The summed E-state index contributed by atoms with van der Waals surface area (Å²) in [5.41, 5.74) is 0. The Morgan fingerprint density at radius 3 is 2.22 bits per heavy atom. The summed E-state index contributed by atoms with van der Waals surface area (Å²) in [5, 5.41) is 0. The van der Waals surface area contributed by atoms with Crippen LogP contribution in [0.15, 0.2) is 0 Å². The summed E-state index contributed by atoms with van der Waals surface area (Å²) in [7, 11) is 0. The Morgan fingerprint density at radius 2 is 1.67 bits per heavy atom. The van der Waals surface area contributed by atoms with Crippen molar-refractivity contribution in [3.05, 3.63) is 0 Å². The van der Waals surface area contributed by atoms with E-state index in [0.717, 1.165) is 32.7 Å². The second kappa shape index (κ2) is 8.21. The van der Waals surface area contributed by atoms with E-state index < -0.39 is 5.97 Å². The number of ketones is 1. The summed E-state index contributed by atoms with van der Waals surface area (Å²) in [6.07, 6.45) is 1.07. The van der Waals surface area contributed by atoms with E-state index in [0.29, 0.717) is 13.2 Å². The van der Waals surface area contributed by atoms with Crippen LogP contribution in [-0.4, -0.2) is 67.4 Å². The summed E-state index contributed by atoms with van der Waals surface area (Å²) in [6.45, 7) is 9.61. The van der Waals surface area contributed by atoms with Crippen LogP contribution >= 0.6 is 0 Å². The number of ether oxygens (including phenoxy) is 1. The fourth-order valence-electron chi connectivity index (χ4n) is 2.17. The molecule has 1 rings (SSSR count). The van der Waals surface area contributed by atoms with Crippen molar-refractivity contribution < 1.29 is 14.3 Å². The first-order chi connectivity index (χ1) is 8.65. The minimum absolute atomic E-state index is 0.0441. The maximum Gasteiger partial charge on any atom is 0.313 e. The first-order valence-electron chi connectivity index (χ1n) is 6.77. The highest BCUT2D eigenvalue weighted by Gasteiger charge is 2.19. The summed E-state index contributed by atoms with van der Waals surface area (Å²) < 4.78 is 4.76. The van der Waals surface area contributed by atoms with Gasteiger partial charge in [-0.25, -0.2) is 0 Å². The lowest BCUT2D eigenvalue weighted by Gasteiger charge is -2.34. The van der Waals surface area contributed by atoms with Crippen LogP contribution in [-0.2, 0) is 14.3 Å². The molecule has 5 heteroatoms. The fraction of sp³-hybridized carbons (Fsp3) is 0.846. The lowest BCUT2D eigenvalue weighted by atomic mass is 10.2. The Bertz CT molecular complexity index is 273. The zero-order valence-corrected chi connectivity index (χ0v) is 11.5. The Kier molecular flexibility index (Phi) is 6.90. The van der Waals surface area contributed by atoms with Gasteiger partial charge in [0.05, 0.1) is 13.2 Å². The molecule has 0 saturated carbocycles. The van der Waals surface area contributed by atoms with Crippen molar-refractivity contribution >= 4 is 11.8 Å². The average molecular weight is 256 g/mol. The van der Waals surface area contributed by atoms with E-state index in [9.17, 15) is 9.59 Å². The third kappa shape index (κ3) is 5.60. The summed E-state index contributed by atoms with van der Waals surface area (Å²) in [6, 6.07) is 0. The van der Waals surface area contributed by atoms with E-state index in [4.69, 9.17) is 4.74 Å². The number of carbonyl (C=O) groups excluding carboxylic acids is 2. The van der Waals surface area contributed by atoms with Gasteiger partial charge in [0.25, 0.3) is 0 Å². The number of Topliss-reactive ketones (excluding diaryl/α,β-unsaturated/α-hetero) is 1. The maximum absolute atomic E-state index is 11.6. The lowest BCUT2D eigenvalue weighted by Crippen LogP contribution is -2.48. The predicted octanol–water partition coefficient (Wildman–Crippen LogP) is 0.536. The molecule has 1 saturated heterocycles. The number of hydrogen-bond donors (Lipinski definition) is 0. The molecule has 1 aliphatic rings. The molecule has 1 fully saturated rings. The third-order valence-electron chi connectivity index (χ3n) is 3.05. The minimum atomic E-state index is -0.410. The van der Waals surface area contributed by atoms with Crippen LogP contribution in [0.5, 0.6) is 0 Å². The number of carbonyl (C=O) groups is 2. The van der Waals surface area contributed by atoms with E-state index in [1.807, 2.05) is 0 Å². The molecule has 18 heavy (non-hydrogen) atoms. The standard InChI is InChI=1S/C13H24N2O3/c1-3-5-14-6-8-15(9-7-14)11-12(16)10-13(17)18-4-2/h3-11H2,1-2H3. The molecule has 104 valence electrons. The van der Waals surface area contributed by atoms with Crippen LogP contribution in [0.2, 0.25) is 0 Å². The number of nitrogens with zero attached hydrogens (tertiary/aromatic N) is 2. The smallest absolute Gasteiger partial charge is 0.313 e. The highest BCUT2D eigenvalue weighted by molar-refractivity contribution is 5.96. The first kappa shape index (κ1) is 15.1. The molecular weight excluding hydrogens is 232 g/mol. The van der Waals surface area contributed by atoms with Crippen LogP contribution in [0, 0.1) is 0 Å². The third-order valence-corrected chi connectivity index (χ3v) is 3.05. The first-order valence-corrected chi connectivity index (χ1v) is 6.77. The monoisotopic (exact) mass is 256 g/mol. The molecule has 0 bridgehead atoms. The Morgan fingerprint density at radius 1 is 1.06 bits per heavy atom. The summed E-state index contributed by atoms with van der Waals surface area (Å²) >= 11 is 0. The molecule has 0 aromatic rings. The molecule has 0 radical (unpaired) electrons. The molecule has 0 unspecified atom stereocenters. The largest absolute Gasteiger partial charge is 0.466 e. The van der Waals surface area contributed by atoms with Gasteiger partial charge in [0.1, 0.15) is 6.42 Å². The van der Waals surface area contributed by atoms with E-state index in [-0.39, 0.29) is 12.2 Å². The highest BCUT2D eigenvalue weighted by Crippen LogP contribution is 2.03. The Labute approximate surface area is 109 Å². The zero-order valence-electron chi connectivity index (χ0n) is 11.5. The van der Waals surface area contributed by atoms with Crippen molar-refractivity contribution in [3.63, 3.8) is 0 Å². The zero-order chi connectivity index (χ0) is 13.4. The topological polar surface area (TPSA) is 49.9 Å². The van der Waals surface area contributed by atoms with Gasteiger partial charge in [-0.05, 0) is 19.9 Å². The van der Waals surface area contributed by atoms with Crippen molar-refractivity contribution in [2.24, 2.45) is 0 Å². The molecule has 0 aromatic heterocycles. The molecular formula is C13H24N2O3. The van der Waals surface area contributed by atoms with Gasteiger partial charge in [-0.15, -0.1) is 0 Å². The van der Waals surface area contributed by atoms with Crippen LogP contribution < -0.4 is 0 Å². The summed E-state index contributed by atoms with van der Waals surface area (Å²) in [4.78, 5) is 27.3. The molecule has 0 aromatic carbocycles. The number of rotatable bonds is 7. The van der Waals surface area contributed by atoms with Gasteiger partial charge in [-0.3, -0.25) is 14.5 Å². The van der Waals surface area contributed by atoms with Crippen molar-refractivity contribution in [2.75, 3.05) is 45.9 Å². The number of piperazine rings is 1. The molecule has 0 amide bonds. The quantitative estimate of drug-likeness (QED) is 0.491. The van der Waals surface area contributed by atoms with Crippen LogP contribution in [0.3, 0.4) is 0 Å². The maximum atomic E-state index is 11.6. The van der Waals surface area contributed by atoms with Crippen molar-refractivity contribution in [3.8, 4) is 0 Å². The van der Waals surface area contributed by atoms with Crippen LogP contribution in [0.25, 0.3) is 0 Å². The number of esters is 1. The molecule has 0 atom stereocenters. The van der Waals surface area contributed by atoms with Gasteiger partial charge >= 0.3 is 5.97 Å².